The number of aromatic nitrogens is 1. The Morgan fingerprint density at radius 2 is 1.39 bits per heavy atom. The number of nitrogens with zero attached hydrogens (tertiary/aromatic N) is 1. The lowest BCUT2D eigenvalue weighted by Crippen LogP contribution is -1.97. The second-order valence-electron chi connectivity index (χ2n) is 7.06. The highest BCUT2D eigenvalue weighted by molar-refractivity contribution is 6.09. The van der Waals surface area contributed by atoms with Crippen molar-refractivity contribution in [1.29, 1.82) is 0 Å². The molecule has 0 aliphatic heterocycles. The quantitative estimate of drug-likeness (QED) is 0.373. The smallest absolute Gasteiger partial charge is 0.147 e. The fourth-order valence-electron chi connectivity index (χ4n) is 3.99. The zero-order valence-corrected chi connectivity index (χ0v) is 15.4. The lowest BCUT2D eigenvalue weighted by molar-refractivity contribution is 0.475. The van der Waals surface area contributed by atoms with E-state index in [0.717, 1.165) is 27.4 Å². The van der Waals surface area contributed by atoms with E-state index in [0.29, 0.717) is 16.8 Å². The van der Waals surface area contributed by atoms with Crippen LogP contribution < -0.4 is 0 Å². The summed E-state index contributed by atoms with van der Waals surface area (Å²) in [7, 11) is 0. The molecule has 0 spiro atoms. The first-order valence-corrected chi connectivity index (χ1v) is 9.21. The molecule has 0 aliphatic carbocycles. The summed E-state index contributed by atoms with van der Waals surface area (Å²) >= 11 is 0. The van der Waals surface area contributed by atoms with Crippen molar-refractivity contribution in [3.05, 3.63) is 96.3 Å². The van der Waals surface area contributed by atoms with Crippen LogP contribution in [-0.4, -0.2) is 9.67 Å². The lowest BCUT2D eigenvalue weighted by Gasteiger charge is -2.15. The van der Waals surface area contributed by atoms with E-state index in [2.05, 4.69) is 28.8 Å². The normalized spacial score (nSPS) is 11.4. The van der Waals surface area contributed by atoms with E-state index in [1.165, 1.54) is 12.1 Å². The van der Waals surface area contributed by atoms with Gasteiger partial charge in [0.15, 0.2) is 0 Å². The van der Waals surface area contributed by atoms with Gasteiger partial charge >= 0.3 is 0 Å². The van der Waals surface area contributed by atoms with Gasteiger partial charge in [-0.05, 0) is 54.4 Å². The van der Waals surface area contributed by atoms with Gasteiger partial charge in [-0.3, -0.25) is 0 Å². The van der Waals surface area contributed by atoms with E-state index in [1.54, 1.807) is 6.07 Å². The topological polar surface area (TPSA) is 25.2 Å². The number of phenolic OH excluding ortho intramolecular Hbond substituents is 1. The number of fused-ring (bicyclic) bond motifs is 3. The minimum atomic E-state index is -0.322. The van der Waals surface area contributed by atoms with Gasteiger partial charge in [0.25, 0.3) is 0 Å². The van der Waals surface area contributed by atoms with Gasteiger partial charge in [0.2, 0.25) is 0 Å². The van der Waals surface area contributed by atoms with Gasteiger partial charge in [0.1, 0.15) is 11.6 Å². The van der Waals surface area contributed by atoms with Gasteiger partial charge in [0, 0.05) is 16.3 Å². The lowest BCUT2D eigenvalue weighted by atomic mass is 10.0. The molecule has 28 heavy (non-hydrogen) atoms. The Morgan fingerprint density at radius 3 is 2.04 bits per heavy atom. The molecule has 0 atom stereocenters. The standard InChI is InChI=1S/C25H18FNO/c1-16-13-21(17-7-6-8-18(26)15-17)25(28)24(14-16)27-22-11-4-2-9-19(22)20-10-3-5-12-23(20)27/h2-15,28H,1H3. The molecule has 1 heterocycles. The molecule has 0 radical (unpaired) electrons. The summed E-state index contributed by atoms with van der Waals surface area (Å²) in [6, 6.07) is 26.5. The first kappa shape index (κ1) is 16.6. The number of benzene rings is 4. The van der Waals surface area contributed by atoms with Crippen molar-refractivity contribution in [1.82, 2.24) is 4.57 Å². The first-order chi connectivity index (χ1) is 13.6. The maximum Gasteiger partial charge on any atom is 0.147 e. The average molecular weight is 367 g/mol. The van der Waals surface area contributed by atoms with Crippen molar-refractivity contribution in [2.45, 2.75) is 6.92 Å². The summed E-state index contributed by atoms with van der Waals surface area (Å²) in [4.78, 5) is 0. The summed E-state index contributed by atoms with van der Waals surface area (Å²) in [5.41, 5.74) is 5.01. The minimum absolute atomic E-state index is 0.141. The van der Waals surface area contributed by atoms with Crippen LogP contribution in [-0.2, 0) is 0 Å². The highest BCUT2D eigenvalue weighted by Crippen LogP contribution is 2.40. The maximum absolute atomic E-state index is 13.8. The van der Waals surface area contributed by atoms with Crippen molar-refractivity contribution < 1.29 is 9.50 Å². The van der Waals surface area contributed by atoms with Crippen molar-refractivity contribution in [3.8, 4) is 22.6 Å². The van der Waals surface area contributed by atoms with Crippen molar-refractivity contribution in [2.24, 2.45) is 0 Å². The molecule has 5 rings (SSSR count). The molecule has 3 heteroatoms. The molecule has 4 aromatic carbocycles. The fraction of sp³-hybridized carbons (Fsp3) is 0.0400. The molecule has 0 amide bonds. The molecule has 1 aromatic heterocycles. The molecule has 2 nitrogen and oxygen atoms in total. The van der Waals surface area contributed by atoms with Crippen molar-refractivity contribution in [3.63, 3.8) is 0 Å². The van der Waals surface area contributed by atoms with Crippen molar-refractivity contribution >= 4 is 21.8 Å². The van der Waals surface area contributed by atoms with Crippen LogP contribution in [0, 0.1) is 12.7 Å². The molecular formula is C25H18FNO. The molecule has 1 N–H and O–H groups in total. The minimum Gasteiger partial charge on any atom is -0.505 e. The first-order valence-electron chi connectivity index (χ1n) is 9.21. The van der Waals surface area contributed by atoms with Gasteiger partial charge < -0.3 is 9.67 Å². The number of rotatable bonds is 2. The monoisotopic (exact) mass is 367 g/mol. The van der Waals surface area contributed by atoms with Crippen LogP contribution in [0.1, 0.15) is 5.56 Å². The number of aryl methyl sites for hydroxylation is 1. The van der Waals surface area contributed by atoms with Crippen LogP contribution in [0.15, 0.2) is 84.9 Å². The molecule has 0 saturated carbocycles. The third-order valence-electron chi connectivity index (χ3n) is 5.19. The summed E-state index contributed by atoms with van der Waals surface area (Å²) in [5.74, 6) is -0.181. The van der Waals surface area contributed by atoms with Crippen LogP contribution in [0.25, 0.3) is 38.6 Å². The van der Waals surface area contributed by atoms with Gasteiger partial charge in [-0.15, -0.1) is 0 Å². The number of aromatic hydroxyl groups is 1. The molecule has 0 saturated heterocycles. The Hall–Kier alpha value is -3.59. The number of para-hydroxylation sites is 2. The van der Waals surface area contributed by atoms with Crippen LogP contribution in [0.5, 0.6) is 5.75 Å². The van der Waals surface area contributed by atoms with E-state index in [-0.39, 0.29) is 11.6 Å². The van der Waals surface area contributed by atoms with E-state index in [1.807, 2.05) is 49.4 Å². The fourth-order valence-corrected chi connectivity index (χ4v) is 3.99. The van der Waals surface area contributed by atoms with E-state index in [4.69, 9.17) is 0 Å². The maximum atomic E-state index is 13.8. The Labute approximate surface area is 162 Å². The molecule has 136 valence electrons. The number of hydrogen-bond acceptors (Lipinski definition) is 1. The van der Waals surface area contributed by atoms with Crippen LogP contribution in [0.3, 0.4) is 0 Å². The third-order valence-corrected chi connectivity index (χ3v) is 5.19. The second-order valence-corrected chi connectivity index (χ2v) is 7.06. The van der Waals surface area contributed by atoms with E-state index < -0.39 is 0 Å². The molecule has 5 aromatic rings. The van der Waals surface area contributed by atoms with Gasteiger partial charge in [0.05, 0.1) is 16.7 Å². The Bertz CT molecular complexity index is 1300. The Morgan fingerprint density at radius 1 is 0.750 bits per heavy atom. The summed E-state index contributed by atoms with van der Waals surface area (Å²) in [5, 5.41) is 13.5. The second kappa shape index (κ2) is 6.24. The summed E-state index contributed by atoms with van der Waals surface area (Å²) in [6.45, 7) is 1.99. The highest BCUT2D eigenvalue weighted by Gasteiger charge is 2.17. The molecule has 0 fully saturated rings. The predicted octanol–water partition coefficient (Wildman–Crippen LogP) is 6.60. The van der Waals surface area contributed by atoms with Crippen LogP contribution in [0.2, 0.25) is 0 Å². The van der Waals surface area contributed by atoms with Gasteiger partial charge in [-0.2, -0.15) is 0 Å². The molecule has 0 unspecified atom stereocenters. The Kier molecular flexibility index (Phi) is 3.69. The Balaban J connectivity index is 1.88. The van der Waals surface area contributed by atoms with E-state index >= 15 is 0 Å². The summed E-state index contributed by atoms with van der Waals surface area (Å²) in [6.07, 6.45) is 0. The van der Waals surface area contributed by atoms with Crippen LogP contribution >= 0.6 is 0 Å². The van der Waals surface area contributed by atoms with Crippen LogP contribution in [0.4, 0.5) is 4.39 Å². The molecule has 0 bridgehead atoms. The zero-order valence-electron chi connectivity index (χ0n) is 15.4. The van der Waals surface area contributed by atoms with Gasteiger partial charge in [-0.25, -0.2) is 4.39 Å². The third kappa shape index (κ3) is 2.48. The number of phenols is 1. The molecule has 0 aliphatic rings. The molecular weight excluding hydrogens is 349 g/mol. The SMILES string of the molecule is Cc1cc(-c2cccc(F)c2)c(O)c(-n2c3ccccc3c3ccccc32)c1. The highest BCUT2D eigenvalue weighted by atomic mass is 19.1. The number of hydrogen-bond donors (Lipinski definition) is 1. The predicted molar refractivity (Wildman–Crippen MR) is 113 cm³/mol. The average Bonchev–Trinajstić information content (AvgIpc) is 3.04. The van der Waals surface area contributed by atoms with Gasteiger partial charge in [-0.1, -0.05) is 48.5 Å². The number of halogens is 1. The zero-order chi connectivity index (χ0) is 19.3. The van der Waals surface area contributed by atoms with E-state index in [9.17, 15) is 9.50 Å². The largest absolute Gasteiger partial charge is 0.505 e. The van der Waals surface area contributed by atoms with Crippen molar-refractivity contribution in [2.75, 3.05) is 0 Å². The summed E-state index contributed by atoms with van der Waals surface area (Å²) < 4.78 is 15.9.